The molecule has 0 nitrogen and oxygen atoms in total. The van der Waals surface area contributed by atoms with E-state index in [0.717, 1.165) is 0 Å². The van der Waals surface area contributed by atoms with E-state index in [9.17, 15) is 0 Å². The Kier molecular flexibility index (Phi) is 5.43. The molecule has 2 rings (SSSR count). The SMILES string of the molecule is CCCCCc1ccc(C=Cc2ccccc2)cc1. The van der Waals surface area contributed by atoms with Gasteiger partial charge in [-0.05, 0) is 29.5 Å². The highest BCUT2D eigenvalue weighted by Crippen LogP contribution is 2.11. The Labute approximate surface area is 116 Å². The van der Waals surface area contributed by atoms with Crippen LogP contribution in [0.2, 0.25) is 0 Å². The molecule has 98 valence electrons. The molecule has 0 saturated heterocycles. The molecular weight excluding hydrogens is 228 g/mol. The smallest absolute Gasteiger partial charge is 0.0256 e. The molecule has 0 aliphatic rings. The maximum Gasteiger partial charge on any atom is -0.0256 e. The second kappa shape index (κ2) is 7.58. The lowest BCUT2D eigenvalue weighted by Gasteiger charge is -2.01. The number of rotatable bonds is 6. The van der Waals surface area contributed by atoms with E-state index in [0.29, 0.717) is 0 Å². The minimum atomic E-state index is 1.20. The molecule has 0 heterocycles. The molecule has 0 atom stereocenters. The van der Waals surface area contributed by atoms with E-state index in [4.69, 9.17) is 0 Å². The Bertz CT molecular complexity index is 491. The van der Waals surface area contributed by atoms with E-state index in [2.05, 4.69) is 67.6 Å². The summed E-state index contributed by atoms with van der Waals surface area (Å²) in [5.41, 5.74) is 3.96. The second-order valence-electron chi connectivity index (χ2n) is 4.94. The summed E-state index contributed by atoms with van der Waals surface area (Å²) in [4.78, 5) is 0. The average molecular weight is 250 g/mol. The number of unbranched alkanes of at least 4 members (excludes halogenated alkanes) is 2. The minimum Gasteiger partial charge on any atom is -0.0654 e. The molecule has 0 fully saturated rings. The fraction of sp³-hybridized carbons (Fsp3) is 0.263. The number of hydrogen-bond donors (Lipinski definition) is 0. The van der Waals surface area contributed by atoms with Gasteiger partial charge in [-0.15, -0.1) is 0 Å². The first kappa shape index (κ1) is 13.6. The lowest BCUT2D eigenvalue weighted by Crippen LogP contribution is -1.85. The van der Waals surface area contributed by atoms with Crippen LogP contribution in [-0.4, -0.2) is 0 Å². The van der Waals surface area contributed by atoms with Crippen LogP contribution in [0.3, 0.4) is 0 Å². The molecule has 0 saturated carbocycles. The lowest BCUT2D eigenvalue weighted by atomic mass is 10.0. The molecule has 0 heteroatoms. The summed E-state index contributed by atoms with van der Waals surface area (Å²) in [6.45, 7) is 2.25. The van der Waals surface area contributed by atoms with Crippen LogP contribution in [-0.2, 0) is 6.42 Å². The van der Waals surface area contributed by atoms with E-state index >= 15 is 0 Å². The summed E-state index contributed by atoms with van der Waals surface area (Å²) in [5, 5.41) is 0. The summed E-state index contributed by atoms with van der Waals surface area (Å²) >= 11 is 0. The predicted molar refractivity (Wildman–Crippen MR) is 85.0 cm³/mol. The van der Waals surface area contributed by atoms with Crippen LogP contribution in [0.15, 0.2) is 54.6 Å². The Hall–Kier alpha value is -1.82. The minimum absolute atomic E-state index is 1.20. The Morgan fingerprint density at radius 3 is 2.00 bits per heavy atom. The van der Waals surface area contributed by atoms with Crippen molar-refractivity contribution in [3.05, 3.63) is 71.3 Å². The van der Waals surface area contributed by atoms with Crippen molar-refractivity contribution < 1.29 is 0 Å². The molecule has 0 aliphatic heterocycles. The van der Waals surface area contributed by atoms with Crippen LogP contribution in [0.25, 0.3) is 12.2 Å². The predicted octanol–water partition coefficient (Wildman–Crippen LogP) is 5.59. The Balaban J connectivity index is 1.93. The van der Waals surface area contributed by atoms with Crippen LogP contribution in [0, 0.1) is 0 Å². The fourth-order valence-corrected chi connectivity index (χ4v) is 2.13. The topological polar surface area (TPSA) is 0 Å². The van der Waals surface area contributed by atoms with Gasteiger partial charge in [-0.25, -0.2) is 0 Å². The standard InChI is InChI=1S/C19H22/c1-2-3-5-8-18-12-15-19(16-13-18)14-11-17-9-6-4-7-10-17/h4,6-7,9-16H,2-3,5,8H2,1H3. The summed E-state index contributed by atoms with van der Waals surface area (Å²) in [7, 11) is 0. The third-order valence-electron chi connectivity index (χ3n) is 3.32. The van der Waals surface area contributed by atoms with Gasteiger partial charge in [0.2, 0.25) is 0 Å². The van der Waals surface area contributed by atoms with Gasteiger partial charge in [0.1, 0.15) is 0 Å². The molecule has 19 heavy (non-hydrogen) atoms. The Morgan fingerprint density at radius 1 is 0.737 bits per heavy atom. The van der Waals surface area contributed by atoms with Gasteiger partial charge in [0.05, 0.1) is 0 Å². The van der Waals surface area contributed by atoms with Gasteiger partial charge in [-0.2, -0.15) is 0 Å². The van der Waals surface area contributed by atoms with E-state index in [1.54, 1.807) is 0 Å². The van der Waals surface area contributed by atoms with Gasteiger partial charge in [0, 0.05) is 0 Å². The highest BCUT2D eigenvalue weighted by molar-refractivity contribution is 5.69. The van der Waals surface area contributed by atoms with Gasteiger partial charge in [-0.1, -0.05) is 86.5 Å². The number of hydrogen-bond acceptors (Lipinski definition) is 0. The zero-order valence-corrected chi connectivity index (χ0v) is 11.7. The quantitative estimate of drug-likeness (QED) is 0.463. The molecular formula is C19H22. The summed E-state index contributed by atoms with van der Waals surface area (Å²) in [5.74, 6) is 0. The van der Waals surface area contributed by atoms with Crippen molar-refractivity contribution in [2.45, 2.75) is 32.6 Å². The van der Waals surface area contributed by atoms with Crippen molar-refractivity contribution in [3.8, 4) is 0 Å². The molecule has 0 amide bonds. The maximum atomic E-state index is 2.25. The van der Waals surface area contributed by atoms with Crippen molar-refractivity contribution in [1.82, 2.24) is 0 Å². The third-order valence-corrected chi connectivity index (χ3v) is 3.32. The van der Waals surface area contributed by atoms with E-state index in [1.165, 1.54) is 42.4 Å². The maximum absolute atomic E-state index is 2.25. The monoisotopic (exact) mass is 250 g/mol. The number of aryl methyl sites for hydroxylation is 1. The van der Waals surface area contributed by atoms with Crippen molar-refractivity contribution in [1.29, 1.82) is 0 Å². The molecule has 0 spiro atoms. The molecule has 0 radical (unpaired) electrons. The molecule has 0 N–H and O–H groups in total. The number of benzene rings is 2. The van der Waals surface area contributed by atoms with Crippen LogP contribution >= 0.6 is 0 Å². The zero-order valence-electron chi connectivity index (χ0n) is 11.7. The van der Waals surface area contributed by atoms with E-state index in [1.807, 2.05) is 6.07 Å². The first-order chi connectivity index (χ1) is 9.38. The molecule has 2 aromatic rings. The van der Waals surface area contributed by atoms with Crippen molar-refractivity contribution in [3.63, 3.8) is 0 Å². The molecule has 0 aliphatic carbocycles. The van der Waals surface area contributed by atoms with Crippen LogP contribution < -0.4 is 0 Å². The lowest BCUT2D eigenvalue weighted by molar-refractivity contribution is 0.717. The summed E-state index contributed by atoms with van der Waals surface area (Å²) in [6.07, 6.45) is 9.46. The normalized spacial score (nSPS) is 11.0. The zero-order chi connectivity index (χ0) is 13.3. The first-order valence-electron chi connectivity index (χ1n) is 7.20. The van der Waals surface area contributed by atoms with Gasteiger partial charge in [-0.3, -0.25) is 0 Å². The van der Waals surface area contributed by atoms with Crippen molar-refractivity contribution in [2.24, 2.45) is 0 Å². The Morgan fingerprint density at radius 2 is 1.37 bits per heavy atom. The first-order valence-corrected chi connectivity index (χ1v) is 7.20. The highest BCUT2D eigenvalue weighted by Gasteiger charge is 1.93. The molecule has 0 bridgehead atoms. The highest BCUT2D eigenvalue weighted by atomic mass is 14.0. The average Bonchev–Trinajstić information content (AvgIpc) is 2.48. The fourth-order valence-electron chi connectivity index (χ4n) is 2.13. The van der Waals surface area contributed by atoms with Crippen LogP contribution in [0.1, 0.15) is 42.9 Å². The van der Waals surface area contributed by atoms with Crippen molar-refractivity contribution in [2.75, 3.05) is 0 Å². The molecule has 2 aromatic carbocycles. The van der Waals surface area contributed by atoms with Gasteiger partial charge >= 0.3 is 0 Å². The van der Waals surface area contributed by atoms with Gasteiger partial charge < -0.3 is 0 Å². The second-order valence-corrected chi connectivity index (χ2v) is 4.94. The third kappa shape index (κ3) is 4.75. The van der Waals surface area contributed by atoms with Crippen LogP contribution in [0.5, 0.6) is 0 Å². The van der Waals surface area contributed by atoms with Gasteiger partial charge in [0.25, 0.3) is 0 Å². The molecule has 0 unspecified atom stereocenters. The molecule has 0 aromatic heterocycles. The summed E-state index contributed by atoms with van der Waals surface area (Å²) in [6, 6.07) is 19.3. The summed E-state index contributed by atoms with van der Waals surface area (Å²) < 4.78 is 0. The van der Waals surface area contributed by atoms with Gasteiger partial charge in [0.15, 0.2) is 0 Å². The van der Waals surface area contributed by atoms with E-state index < -0.39 is 0 Å². The van der Waals surface area contributed by atoms with Crippen LogP contribution in [0.4, 0.5) is 0 Å². The van der Waals surface area contributed by atoms with Crippen molar-refractivity contribution >= 4 is 12.2 Å². The largest absolute Gasteiger partial charge is 0.0654 e. The van der Waals surface area contributed by atoms with E-state index in [-0.39, 0.29) is 0 Å².